The lowest BCUT2D eigenvalue weighted by atomic mass is 10.1. The SMILES string of the molecule is CCCC(C)CNC(C)CNC1CC1. The summed E-state index contributed by atoms with van der Waals surface area (Å²) in [7, 11) is 0. The van der Waals surface area contributed by atoms with Crippen LogP contribution in [0.15, 0.2) is 0 Å². The van der Waals surface area contributed by atoms with Crippen molar-refractivity contribution in [3.8, 4) is 0 Å². The van der Waals surface area contributed by atoms with E-state index in [1.165, 1.54) is 32.2 Å². The second kappa shape index (κ2) is 6.41. The van der Waals surface area contributed by atoms with Crippen molar-refractivity contribution in [2.45, 2.75) is 58.5 Å². The van der Waals surface area contributed by atoms with Crippen LogP contribution >= 0.6 is 0 Å². The van der Waals surface area contributed by atoms with Crippen molar-refractivity contribution in [2.24, 2.45) is 5.92 Å². The molecule has 0 aliphatic heterocycles. The maximum absolute atomic E-state index is 3.59. The van der Waals surface area contributed by atoms with Crippen molar-refractivity contribution in [1.82, 2.24) is 10.6 Å². The summed E-state index contributed by atoms with van der Waals surface area (Å²) in [4.78, 5) is 0. The van der Waals surface area contributed by atoms with Crippen LogP contribution in [0.5, 0.6) is 0 Å². The first-order valence-corrected chi connectivity index (χ1v) is 6.19. The van der Waals surface area contributed by atoms with E-state index in [0.29, 0.717) is 6.04 Å². The fraction of sp³-hybridized carbons (Fsp3) is 1.00. The molecule has 0 spiro atoms. The zero-order chi connectivity index (χ0) is 10.4. The van der Waals surface area contributed by atoms with Crippen molar-refractivity contribution in [3.05, 3.63) is 0 Å². The monoisotopic (exact) mass is 198 g/mol. The number of hydrogen-bond donors (Lipinski definition) is 2. The molecule has 0 bridgehead atoms. The minimum Gasteiger partial charge on any atom is -0.313 e. The Morgan fingerprint density at radius 2 is 1.93 bits per heavy atom. The van der Waals surface area contributed by atoms with Crippen LogP contribution in [0.4, 0.5) is 0 Å². The number of hydrogen-bond acceptors (Lipinski definition) is 2. The highest BCUT2D eigenvalue weighted by Crippen LogP contribution is 2.18. The van der Waals surface area contributed by atoms with Crippen molar-refractivity contribution in [2.75, 3.05) is 13.1 Å². The van der Waals surface area contributed by atoms with Gasteiger partial charge in [0.25, 0.3) is 0 Å². The Morgan fingerprint density at radius 1 is 1.21 bits per heavy atom. The molecule has 84 valence electrons. The Balaban J connectivity index is 1.92. The van der Waals surface area contributed by atoms with Gasteiger partial charge in [-0.3, -0.25) is 0 Å². The van der Waals surface area contributed by atoms with Gasteiger partial charge in [0.1, 0.15) is 0 Å². The summed E-state index contributed by atoms with van der Waals surface area (Å²) >= 11 is 0. The number of rotatable bonds is 8. The molecule has 0 radical (unpaired) electrons. The summed E-state index contributed by atoms with van der Waals surface area (Å²) in [6.45, 7) is 9.16. The maximum Gasteiger partial charge on any atom is 0.0164 e. The molecule has 0 saturated heterocycles. The minimum absolute atomic E-state index is 0.620. The summed E-state index contributed by atoms with van der Waals surface area (Å²) in [5.41, 5.74) is 0. The van der Waals surface area contributed by atoms with E-state index in [1.807, 2.05) is 0 Å². The Labute approximate surface area is 88.8 Å². The first-order valence-electron chi connectivity index (χ1n) is 6.19. The topological polar surface area (TPSA) is 24.1 Å². The largest absolute Gasteiger partial charge is 0.313 e. The van der Waals surface area contributed by atoms with Gasteiger partial charge in [-0.1, -0.05) is 20.3 Å². The molecule has 14 heavy (non-hydrogen) atoms. The molecule has 1 rings (SSSR count). The van der Waals surface area contributed by atoms with E-state index >= 15 is 0 Å². The molecule has 2 heteroatoms. The van der Waals surface area contributed by atoms with Crippen LogP contribution in [0.25, 0.3) is 0 Å². The van der Waals surface area contributed by atoms with Crippen LogP contribution in [0.3, 0.4) is 0 Å². The van der Waals surface area contributed by atoms with Crippen LogP contribution in [-0.4, -0.2) is 25.2 Å². The second-order valence-corrected chi connectivity index (χ2v) is 4.89. The summed E-state index contributed by atoms with van der Waals surface area (Å²) in [6, 6.07) is 1.46. The van der Waals surface area contributed by atoms with E-state index in [1.54, 1.807) is 0 Å². The van der Waals surface area contributed by atoms with Crippen LogP contribution in [0.2, 0.25) is 0 Å². The molecule has 1 aliphatic rings. The van der Waals surface area contributed by atoms with Crippen LogP contribution in [0.1, 0.15) is 46.5 Å². The summed E-state index contributed by atoms with van der Waals surface area (Å²) in [6.07, 6.45) is 5.42. The molecule has 2 unspecified atom stereocenters. The van der Waals surface area contributed by atoms with E-state index in [4.69, 9.17) is 0 Å². The van der Waals surface area contributed by atoms with E-state index in [9.17, 15) is 0 Å². The van der Waals surface area contributed by atoms with Gasteiger partial charge in [0, 0.05) is 18.6 Å². The zero-order valence-corrected chi connectivity index (χ0v) is 9.97. The zero-order valence-electron chi connectivity index (χ0n) is 9.97. The Bertz CT molecular complexity index is 143. The van der Waals surface area contributed by atoms with Crippen molar-refractivity contribution < 1.29 is 0 Å². The highest BCUT2D eigenvalue weighted by atomic mass is 15.0. The molecule has 2 N–H and O–H groups in total. The average molecular weight is 198 g/mol. The van der Waals surface area contributed by atoms with E-state index in [0.717, 1.165) is 18.5 Å². The summed E-state index contributed by atoms with van der Waals surface area (Å²) in [5.74, 6) is 0.823. The summed E-state index contributed by atoms with van der Waals surface area (Å²) in [5, 5.41) is 7.14. The van der Waals surface area contributed by atoms with E-state index < -0.39 is 0 Å². The lowest BCUT2D eigenvalue weighted by Crippen LogP contribution is -2.39. The van der Waals surface area contributed by atoms with Crippen LogP contribution in [-0.2, 0) is 0 Å². The van der Waals surface area contributed by atoms with Gasteiger partial charge >= 0.3 is 0 Å². The maximum atomic E-state index is 3.59. The average Bonchev–Trinajstić information content (AvgIpc) is 2.95. The lowest BCUT2D eigenvalue weighted by molar-refractivity contribution is 0.424. The van der Waals surface area contributed by atoms with E-state index in [2.05, 4.69) is 31.4 Å². The first-order chi connectivity index (χ1) is 6.72. The third-order valence-corrected chi connectivity index (χ3v) is 2.89. The molecule has 1 saturated carbocycles. The molecule has 2 atom stereocenters. The molecule has 2 nitrogen and oxygen atoms in total. The fourth-order valence-electron chi connectivity index (χ4n) is 1.70. The molecule has 0 aromatic heterocycles. The van der Waals surface area contributed by atoms with Gasteiger partial charge in [0.2, 0.25) is 0 Å². The number of nitrogens with one attached hydrogen (secondary N) is 2. The van der Waals surface area contributed by atoms with Gasteiger partial charge in [-0.15, -0.1) is 0 Å². The van der Waals surface area contributed by atoms with Crippen molar-refractivity contribution in [3.63, 3.8) is 0 Å². The van der Waals surface area contributed by atoms with E-state index in [-0.39, 0.29) is 0 Å². The third-order valence-electron chi connectivity index (χ3n) is 2.89. The predicted molar refractivity (Wildman–Crippen MR) is 62.6 cm³/mol. The molecular weight excluding hydrogens is 172 g/mol. The van der Waals surface area contributed by atoms with Gasteiger partial charge in [-0.05, 0) is 38.6 Å². The van der Waals surface area contributed by atoms with Gasteiger partial charge < -0.3 is 10.6 Å². The Hall–Kier alpha value is -0.0800. The van der Waals surface area contributed by atoms with Crippen LogP contribution in [0, 0.1) is 5.92 Å². The highest BCUT2D eigenvalue weighted by molar-refractivity contribution is 4.82. The molecule has 0 heterocycles. The lowest BCUT2D eigenvalue weighted by Gasteiger charge is -2.17. The minimum atomic E-state index is 0.620. The molecule has 0 amide bonds. The van der Waals surface area contributed by atoms with Gasteiger partial charge in [-0.2, -0.15) is 0 Å². The van der Waals surface area contributed by atoms with Crippen LogP contribution < -0.4 is 10.6 Å². The molecule has 1 fully saturated rings. The fourth-order valence-corrected chi connectivity index (χ4v) is 1.70. The Morgan fingerprint density at radius 3 is 2.50 bits per heavy atom. The standard InChI is InChI=1S/C12H26N2/c1-4-5-10(2)8-13-11(3)9-14-12-6-7-12/h10-14H,4-9H2,1-3H3. The van der Waals surface area contributed by atoms with Crippen molar-refractivity contribution in [1.29, 1.82) is 0 Å². The molecule has 0 aromatic rings. The van der Waals surface area contributed by atoms with Gasteiger partial charge in [0.15, 0.2) is 0 Å². The van der Waals surface area contributed by atoms with Gasteiger partial charge in [0.05, 0.1) is 0 Å². The molecular formula is C12H26N2. The third kappa shape index (κ3) is 5.61. The molecule has 1 aliphatic carbocycles. The second-order valence-electron chi connectivity index (χ2n) is 4.89. The predicted octanol–water partition coefficient (Wildman–Crippen LogP) is 2.15. The van der Waals surface area contributed by atoms with Crippen molar-refractivity contribution >= 4 is 0 Å². The quantitative estimate of drug-likeness (QED) is 0.624. The Kier molecular flexibility index (Phi) is 5.49. The molecule has 0 aromatic carbocycles. The summed E-state index contributed by atoms with van der Waals surface area (Å²) < 4.78 is 0. The highest BCUT2D eigenvalue weighted by Gasteiger charge is 2.20. The first kappa shape index (κ1) is 12.0. The normalized spacial score (nSPS) is 20.8. The smallest absolute Gasteiger partial charge is 0.0164 e. The van der Waals surface area contributed by atoms with Gasteiger partial charge in [-0.25, -0.2) is 0 Å².